The first-order valence-electron chi connectivity index (χ1n) is 5.14. The number of rotatable bonds is 3. The Morgan fingerprint density at radius 2 is 2.00 bits per heavy atom. The highest BCUT2D eigenvalue weighted by molar-refractivity contribution is 5.15. The standard InChI is InChI=1S/C11H19N3/c1-5-10-6-11(7(2)8(3)12)14-9(4)13-10/h6-8H,5,12H2,1-4H3. The molecule has 1 heterocycles. The summed E-state index contributed by atoms with van der Waals surface area (Å²) in [7, 11) is 0. The van der Waals surface area contributed by atoms with Crippen LogP contribution in [0.25, 0.3) is 0 Å². The summed E-state index contributed by atoms with van der Waals surface area (Å²) < 4.78 is 0. The molecule has 0 amide bonds. The average Bonchev–Trinajstić information content (AvgIpc) is 2.15. The fourth-order valence-corrected chi connectivity index (χ4v) is 1.34. The number of hydrogen-bond acceptors (Lipinski definition) is 3. The summed E-state index contributed by atoms with van der Waals surface area (Å²) >= 11 is 0. The van der Waals surface area contributed by atoms with Crippen LogP contribution in [-0.2, 0) is 6.42 Å². The molecular weight excluding hydrogens is 174 g/mol. The minimum atomic E-state index is 0.133. The van der Waals surface area contributed by atoms with E-state index >= 15 is 0 Å². The van der Waals surface area contributed by atoms with Crippen molar-refractivity contribution in [1.82, 2.24) is 9.97 Å². The molecule has 0 radical (unpaired) electrons. The Labute approximate surface area is 85.8 Å². The van der Waals surface area contributed by atoms with Crippen molar-refractivity contribution in [3.05, 3.63) is 23.3 Å². The van der Waals surface area contributed by atoms with Gasteiger partial charge in [-0.3, -0.25) is 0 Å². The predicted molar refractivity (Wildman–Crippen MR) is 58.2 cm³/mol. The molecule has 0 aliphatic carbocycles. The number of hydrogen-bond donors (Lipinski definition) is 1. The van der Waals surface area contributed by atoms with Gasteiger partial charge in [0.2, 0.25) is 0 Å². The molecule has 0 fully saturated rings. The Morgan fingerprint density at radius 3 is 2.50 bits per heavy atom. The monoisotopic (exact) mass is 193 g/mol. The van der Waals surface area contributed by atoms with Gasteiger partial charge in [0.15, 0.2) is 0 Å². The highest BCUT2D eigenvalue weighted by Crippen LogP contribution is 2.16. The minimum absolute atomic E-state index is 0.133. The normalized spacial score (nSPS) is 15.2. The van der Waals surface area contributed by atoms with E-state index in [2.05, 4.69) is 29.9 Å². The Kier molecular flexibility index (Phi) is 3.58. The van der Waals surface area contributed by atoms with E-state index in [-0.39, 0.29) is 6.04 Å². The third-order valence-electron chi connectivity index (χ3n) is 2.53. The van der Waals surface area contributed by atoms with E-state index in [0.717, 1.165) is 23.6 Å². The number of aromatic nitrogens is 2. The van der Waals surface area contributed by atoms with Crippen LogP contribution >= 0.6 is 0 Å². The van der Waals surface area contributed by atoms with Crippen LogP contribution in [0.15, 0.2) is 6.07 Å². The summed E-state index contributed by atoms with van der Waals surface area (Å²) in [4.78, 5) is 8.75. The van der Waals surface area contributed by atoms with E-state index in [1.807, 2.05) is 13.8 Å². The molecule has 0 saturated heterocycles. The maximum atomic E-state index is 5.85. The van der Waals surface area contributed by atoms with Crippen molar-refractivity contribution in [3.63, 3.8) is 0 Å². The molecule has 3 heteroatoms. The summed E-state index contributed by atoms with van der Waals surface area (Å²) in [6.07, 6.45) is 0.946. The van der Waals surface area contributed by atoms with Crippen molar-refractivity contribution < 1.29 is 0 Å². The zero-order chi connectivity index (χ0) is 10.7. The van der Waals surface area contributed by atoms with Crippen LogP contribution in [0.4, 0.5) is 0 Å². The van der Waals surface area contributed by atoms with Crippen LogP contribution in [0.5, 0.6) is 0 Å². The van der Waals surface area contributed by atoms with Gasteiger partial charge in [-0.2, -0.15) is 0 Å². The molecule has 1 rings (SSSR count). The predicted octanol–water partition coefficient (Wildman–Crippen LogP) is 1.80. The molecule has 0 aromatic carbocycles. The van der Waals surface area contributed by atoms with Crippen LogP contribution in [0.2, 0.25) is 0 Å². The first-order valence-corrected chi connectivity index (χ1v) is 5.14. The van der Waals surface area contributed by atoms with Gasteiger partial charge in [-0.15, -0.1) is 0 Å². The lowest BCUT2D eigenvalue weighted by atomic mass is 9.99. The average molecular weight is 193 g/mol. The summed E-state index contributed by atoms with van der Waals surface area (Å²) in [6, 6.07) is 2.19. The second-order valence-corrected chi connectivity index (χ2v) is 3.83. The maximum absolute atomic E-state index is 5.85. The third kappa shape index (κ3) is 2.51. The van der Waals surface area contributed by atoms with Crippen molar-refractivity contribution in [2.45, 2.75) is 46.1 Å². The molecule has 0 aliphatic heterocycles. The van der Waals surface area contributed by atoms with Gasteiger partial charge < -0.3 is 5.73 Å². The van der Waals surface area contributed by atoms with Gasteiger partial charge in [0.1, 0.15) is 5.82 Å². The lowest BCUT2D eigenvalue weighted by Gasteiger charge is -2.15. The first-order chi connectivity index (χ1) is 6.54. The Morgan fingerprint density at radius 1 is 1.36 bits per heavy atom. The molecule has 0 saturated carbocycles. The molecule has 0 bridgehead atoms. The molecule has 1 aromatic rings. The van der Waals surface area contributed by atoms with Crippen molar-refractivity contribution in [2.24, 2.45) is 5.73 Å². The summed E-state index contributed by atoms with van der Waals surface area (Å²) in [5.74, 6) is 1.13. The van der Waals surface area contributed by atoms with Gasteiger partial charge in [0, 0.05) is 23.3 Å². The van der Waals surface area contributed by atoms with Crippen LogP contribution < -0.4 is 5.73 Å². The molecule has 2 unspecified atom stereocenters. The molecular formula is C11H19N3. The molecule has 0 spiro atoms. The zero-order valence-corrected chi connectivity index (χ0v) is 9.41. The van der Waals surface area contributed by atoms with E-state index in [1.165, 1.54) is 0 Å². The molecule has 14 heavy (non-hydrogen) atoms. The smallest absolute Gasteiger partial charge is 0.125 e. The van der Waals surface area contributed by atoms with E-state index in [9.17, 15) is 0 Å². The SMILES string of the molecule is CCc1cc(C(C)C(C)N)nc(C)n1. The van der Waals surface area contributed by atoms with Gasteiger partial charge in [0.25, 0.3) is 0 Å². The van der Waals surface area contributed by atoms with Crippen molar-refractivity contribution >= 4 is 0 Å². The van der Waals surface area contributed by atoms with Gasteiger partial charge in [0.05, 0.1) is 0 Å². The van der Waals surface area contributed by atoms with E-state index in [1.54, 1.807) is 0 Å². The lowest BCUT2D eigenvalue weighted by molar-refractivity contribution is 0.593. The van der Waals surface area contributed by atoms with E-state index in [0.29, 0.717) is 5.92 Å². The molecule has 78 valence electrons. The van der Waals surface area contributed by atoms with Gasteiger partial charge in [-0.1, -0.05) is 13.8 Å². The van der Waals surface area contributed by atoms with Crippen LogP contribution in [0.1, 0.15) is 43.9 Å². The number of nitrogens with zero attached hydrogens (tertiary/aromatic N) is 2. The van der Waals surface area contributed by atoms with Crippen molar-refractivity contribution in [1.29, 1.82) is 0 Å². The molecule has 2 N–H and O–H groups in total. The van der Waals surface area contributed by atoms with Crippen molar-refractivity contribution in [2.75, 3.05) is 0 Å². The zero-order valence-electron chi connectivity index (χ0n) is 9.41. The third-order valence-corrected chi connectivity index (χ3v) is 2.53. The molecule has 1 aromatic heterocycles. The highest BCUT2D eigenvalue weighted by Gasteiger charge is 2.13. The summed E-state index contributed by atoms with van der Waals surface area (Å²) in [5, 5.41) is 0. The topological polar surface area (TPSA) is 51.8 Å². The second-order valence-electron chi connectivity index (χ2n) is 3.83. The first kappa shape index (κ1) is 11.1. The van der Waals surface area contributed by atoms with Gasteiger partial charge in [-0.25, -0.2) is 9.97 Å². The molecule has 3 nitrogen and oxygen atoms in total. The Bertz CT molecular complexity index is 307. The van der Waals surface area contributed by atoms with Crippen molar-refractivity contribution in [3.8, 4) is 0 Å². The Hall–Kier alpha value is -0.960. The largest absolute Gasteiger partial charge is 0.327 e. The number of nitrogens with two attached hydrogens (primary N) is 1. The van der Waals surface area contributed by atoms with Crippen LogP contribution in [0.3, 0.4) is 0 Å². The van der Waals surface area contributed by atoms with E-state index in [4.69, 9.17) is 5.73 Å². The summed E-state index contributed by atoms with van der Waals surface area (Å²) in [5.41, 5.74) is 8.01. The van der Waals surface area contributed by atoms with Gasteiger partial charge in [-0.05, 0) is 26.3 Å². The highest BCUT2D eigenvalue weighted by atomic mass is 14.9. The fraction of sp³-hybridized carbons (Fsp3) is 0.636. The Balaban J connectivity index is 3.02. The fourth-order valence-electron chi connectivity index (χ4n) is 1.34. The van der Waals surface area contributed by atoms with Crippen LogP contribution in [-0.4, -0.2) is 16.0 Å². The molecule has 2 atom stereocenters. The van der Waals surface area contributed by atoms with E-state index < -0.39 is 0 Å². The lowest BCUT2D eigenvalue weighted by Crippen LogP contribution is -2.23. The van der Waals surface area contributed by atoms with Crippen LogP contribution in [0, 0.1) is 6.92 Å². The minimum Gasteiger partial charge on any atom is -0.327 e. The second kappa shape index (κ2) is 4.51. The molecule has 0 aliphatic rings. The summed E-state index contributed by atoms with van der Waals surface area (Å²) in [6.45, 7) is 8.14. The quantitative estimate of drug-likeness (QED) is 0.796. The maximum Gasteiger partial charge on any atom is 0.125 e. The van der Waals surface area contributed by atoms with Gasteiger partial charge >= 0.3 is 0 Å². The number of aryl methyl sites for hydroxylation is 2.